The largest absolute Gasteiger partial charge is 0.312 e. The van der Waals surface area contributed by atoms with E-state index in [0.717, 1.165) is 12.6 Å². The van der Waals surface area contributed by atoms with Crippen molar-refractivity contribution in [3.63, 3.8) is 0 Å². The molecular weight excluding hydrogens is 184 g/mol. The molecule has 0 aromatic heterocycles. The number of hydrogen-bond acceptors (Lipinski definition) is 2. The molecule has 15 heavy (non-hydrogen) atoms. The van der Waals surface area contributed by atoms with E-state index in [1.165, 1.54) is 25.8 Å². The van der Waals surface area contributed by atoms with Gasteiger partial charge in [0.1, 0.15) is 0 Å². The van der Waals surface area contributed by atoms with Crippen molar-refractivity contribution >= 4 is 0 Å². The van der Waals surface area contributed by atoms with E-state index < -0.39 is 0 Å². The summed E-state index contributed by atoms with van der Waals surface area (Å²) in [5, 5.41) is 3.68. The SMILES string of the molecule is CCCN(C)C1CCC(C)(C)C1NCC. The molecule has 0 aliphatic heterocycles. The second kappa shape index (κ2) is 5.31. The second-order valence-corrected chi connectivity index (χ2v) is 5.61. The quantitative estimate of drug-likeness (QED) is 0.753. The van der Waals surface area contributed by atoms with Crippen LogP contribution in [0.2, 0.25) is 0 Å². The summed E-state index contributed by atoms with van der Waals surface area (Å²) in [6.07, 6.45) is 3.96. The molecule has 0 bridgehead atoms. The Balaban J connectivity index is 2.64. The summed E-state index contributed by atoms with van der Waals surface area (Å²) < 4.78 is 0. The fraction of sp³-hybridized carbons (Fsp3) is 1.00. The Kier molecular flexibility index (Phi) is 4.60. The Labute approximate surface area is 95.4 Å². The van der Waals surface area contributed by atoms with Gasteiger partial charge in [-0.25, -0.2) is 0 Å². The Bertz CT molecular complexity index is 189. The smallest absolute Gasteiger partial charge is 0.0274 e. The van der Waals surface area contributed by atoms with Gasteiger partial charge in [0.2, 0.25) is 0 Å². The normalized spacial score (nSPS) is 30.0. The van der Waals surface area contributed by atoms with Gasteiger partial charge in [0.25, 0.3) is 0 Å². The minimum atomic E-state index is 0.461. The van der Waals surface area contributed by atoms with Crippen LogP contribution >= 0.6 is 0 Å². The maximum absolute atomic E-state index is 3.68. The van der Waals surface area contributed by atoms with Crippen molar-refractivity contribution < 1.29 is 0 Å². The lowest BCUT2D eigenvalue weighted by Gasteiger charge is -2.35. The minimum absolute atomic E-state index is 0.461. The van der Waals surface area contributed by atoms with E-state index in [0.29, 0.717) is 11.5 Å². The minimum Gasteiger partial charge on any atom is -0.312 e. The van der Waals surface area contributed by atoms with Crippen LogP contribution in [0.4, 0.5) is 0 Å². The van der Waals surface area contributed by atoms with Crippen LogP contribution < -0.4 is 5.32 Å². The standard InChI is InChI=1S/C13H28N2/c1-6-10-15(5)11-8-9-13(3,4)12(11)14-7-2/h11-12,14H,6-10H2,1-5H3. The first-order chi connectivity index (χ1) is 7.03. The summed E-state index contributed by atoms with van der Waals surface area (Å²) in [5.41, 5.74) is 0.461. The fourth-order valence-electron chi connectivity index (χ4n) is 2.99. The topological polar surface area (TPSA) is 15.3 Å². The predicted octanol–water partition coefficient (Wildman–Crippen LogP) is 2.49. The Morgan fingerprint density at radius 2 is 2.00 bits per heavy atom. The molecule has 1 aliphatic rings. The van der Waals surface area contributed by atoms with Crippen LogP contribution in [0.15, 0.2) is 0 Å². The molecule has 1 saturated carbocycles. The van der Waals surface area contributed by atoms with Gasteiger partial charge in [0.05, 0.1) is 0 Å². The van der Waals surface area contributed by atoms with E-state index in [1.807, 2.05) is 0 Å². The number of nitrogens with one attached hydrogen (secondary N) is 1. The van der Waals surface area contributed by atoms with Gasteiger partial charge in [0.15, 0.2) is 0 Å². The van der Waals surface area contributed by atoms with Crippen LogP contribution in [0.25, 0.3) is 0 Å². The van der Waals surface area contributed by atoms with E-state index in [9.17, 15) is 0 Å². The molecule has 0 spiro atoms. The van der Waals surface area contributed by atoms with Gasteiger partial charge < -0.3 is 10.2 Å². The summed E-state index contributed by atoms with van der Waals surface area (Å²) in [4.78, 5) is 2.54. The van der Waals surface area contributed by atoms with E-state index in [-0.39, 0.29) is 0 Å². The molecule has 2 heteroatoms. The second-order valence-electron chi connectivity index (χ2n) is 5.61. The maximum atomic E-state index is 3.68. The van der Waals surface area contributed by atoms with Crippen molar-refractivity contribution in [2.75, 3.05) is 20.1 Å². The Morgan fingerprint density at radius 3 is 2.53 bits per heavy atom. The number of hydrogen-bond donors (Lipinski definition) is 1. The molecule has 2 atom stereocenters. The summed E-state index contributed by atoms with van der Waals surface area (Å²) in [6, 6.07) is 1.40. The average molecular weight is 212 g/mol. The lowest BCUT2D eigenvalue weighted by atomic mass is 9.86. The first-order valence-electron chi connectivity index (χ1n) is 6.46. The summed E-state index contributed by atoms with van der Waals surface area (Å²) in [6.45, 7) is 11.6. The van der Waals surface area contributed by atoms with E-state index >= 15 is 0 Å². The van der Waals surface area contributed by atoms with Gasteiger partial charge in [-0.15, -0.1) is 0 Å². The lowest BCUT2D eigenvalue weighted by molar-refractivity contribution is 0.173. The van der Waals surface area contributed by atoms with Crippen molar-refractivity contribution in [3.8, 4) is 0 Å². The van der Waals surface area contributed by atoms with Crippen LogP contribution in [-0.2, 0) is 0 Å². The average Bonchev–Trinajstić information content (AvgIpc) is 2.44. The van der Waals surface area contributed by atoms with Crippen molar-refractivity contribution in [1.29, 1.82) is 0 Å². The molecule has 0 amide bonds. The third-order valence-corrected chi connectivity index (χ3v) is 3.88. The van der Waals surface area contributed by atoms with Crippen LogP contribution in [0.5, 0.6) is 0 Å². The van der Waals surface area contributed by atoms with Gasteiger partial charge in [-0.1, -0.05) is 27.7 Å². The Hall–Kier alpha value is -0.0800. The third-order valence-electron chi connectivity index (χ3n) is 3.88. The molecule has 2 nitrogen and oxygen atoms in total. The molecule has 90 valence electrons. The maximum Gasteiger partial charge on any atom is 0.0274 e. The fourth-order valence-corrected chi connectivity index (χ4v) is 2.99. The van der Waals surface area contributed by atoms with Crippen molar-refractivity contribution in [2.45, 2.75) is 59.0 Å². The first kappa shape index (κ1) is 13.0. The molecule has 1 N–H and O–H groups in total. The van der Waals surface area contributed by atoms with Crippen molar-refractivity contribution in [1.82, 2.24) is 10.2 Å². The first-order valence-corrected chi connectivity index (χ1v) is 6.46. The lowest BCUT2D eigenvalue weighted by Crippen LogP contribution is -2.50. The van der Waals surface area contributed by atoms with Gasteiger partial charge >= 0.3 is 0 Å². The van der Waals surface area contributed by atoms with Crippen LogP contribution in [0.1, 0.15) is 47.0 Å². The molecule has 1 aliphatic carbocycles. The van der Waals surface area contributed by atoms with Crippen LogP contribution in [0.3, 0.4) is 0 Å². The van der Waals surface area contributed by atoms with E-state index in [2.05, 4.69) is 45.0 Å². The highest BCUT2D eigenvalue weighted by Crippen LogP contribution is 2.39. The van der Waals surface area contributed by atoms with Crippen molar-refractivity contribution in [2.24, 2.45) is 5.41 Å². The number of nitrogens with zero attached hydrogens (tertiary/aromatic N) is 1. The predicted molar refractivity (Wildman–Crippen MR) is 67.2 cm³/mol. The third kappa shape index (κ3) is 2.94. The highest BCUT2D eigenvalue weighted by molar-refractivity contribution is 5.00. The summed E-state index contributed by atoms with van der Waals surface area (Å²) in [7, 11) is 2.28. The monoisotopic (exact) mass is 212 g/mol. The molecule has 0 aromatic carbocycles. The zero-order valence-corrected chi connectivity index (χ0v) is 11.1. The molecule has 2 unspecified atom stereocenters. The number of rotatable bonds is 5. The summed E-state index contributed by atoms with van der Waals surface area (Å²) >= 11 is 0. The number of likely N-dealkylation sites (N-methyl/N-ethyl adjacent to an activating group) is 2. The molecule has 0 radical (unpaired) electrons. The van der Waals surface area contributed by atoms with E-state index in [1.54, 1.807) is 0 Å². The van der Waals surface area contributed by atoms with Crippen molar-refractivity contribution in [3.05, 3.63) is 0 Å². The molecule has 1 fully saturated rings. The van der Waals surface area contributed by atoms with Gasteiger partial charge in [-0.3, -0.25) is 0 Å². The summed E-state index contributed by atoms with van der Waals surface area (Å²) in [5.74, 6) is 0. The van der Waals surface area contributed by atoms with Crippen LogP contribution in [0, 0.1) is 5.41 Å². The molecule has 0 aromatic rings. The molecular formula is C13H28N2. The zero-order valence-electron chi connectivity index (χ0n) is 11.1. The molecule has 1 rings (SSSR count). The molecule has 0 saturated heterocycles. The molecule has 0 heterocycles. The highest BCUT2D eigenvalue weighted by atomic mass is 15.2. The zero-order chi connectivity index (χ0) is 11.5. The Morgan fingerprint density at radius 1 is 1.33 bits per heavy atom. The van der Waals surface area contributed by atoms with Gasteiger partial charge in [-0.05, 0) is 44.8 Å². The van der Waals surface area contributed by atoms with Gasteiger partial charge in [0, 0.05) is 12.1 Å². The van der Waals surface area contributed by atoms with E-state index in [4.69, 9.17) is 0 Å². The highest BCUT2D eigenvalue weighted by Gasteiger charge is 2.42. The van der Waals surface area contributed by atoms with Crippen LogP contribution in [-0.4, -0.2) is 37.1 Å². The van der Waals surface area contributed by atoms with Gasteiger partial charge in [-0.2, -0.15) is 0 Å².